The predicted octanol–water partition coefficient (Wildman–Crippen LogP) is 3.84. The second kappa shape index (κ2) is 12.1. The van der Waals surface area contributed by atoms with Crippen molar-refractivity contribution in [3.05, 3.63) is 70.1 Å². The fourth-order valence-corrected chi connectivity index (χ4v) is 4.12. The van der Waals surface area contributed by atoms with E-state index in [0.29, 0.717) is 28.4 Å². The van der Waals surface area contributed by atoms with Crippen molar-refractivity contribution in [1.82, 2.24) is 20.0 Å². The Bertz CT molecular complexity index is 1340. The number of halogens is 3. The summed E-state index contributed by atoms with van der Waals surface area (Å²) in [7, 11) is 4.77. The molecule has 0 bridgehead atoms. The first-order valence-corrected chi connectivity index (χ1v) is 12.5. The molecule has 1 unspecified atom stereocenters. The Morgan fingerprint density at radius 3 is 2.35 bits per heavy atom. The third-order valence-corrected chi connectivity index (χ3v) is 6.42. The van der Waals surface area contributed by atoms with Crippen LogP contribution in [0.15, 0.2) is 53.3 Å². The number of rotatable bonds is 8. The number of nitrogens with zero attached hydrogens (tertiary/aromatic N) is 2. The van der Waals surface area contributed by atoms with Crippen LogP contribution in [0, 0.1) is 6.92 Å². The molecule has 13 heteroatoms. The maximum absolute atomic E-state index is 13.1. The maximum Gasteiger partial charge on any atom is 0.295 e. The number of ether oxygens (including phenoxy) is 2. The highest BCUT2D eigenvalue weighted by molar-refractivity contribution is 7.80. The summed E-state index contributed by atoms with van der Waals surface area (Å²) in [6, 6.07) is 14.2. The molecule has 1 amide bonds. The van der Waals surface area contributed by atoms with Crippen molar-refractivity contribution in [2.24, 2.45) is 7.05 Å². The molecule has 198 valence electrons. The summed E-state index contributed by atoms with van der Waals surface area (Å²) < 4.78 is 11.7. The minimum Gasteiger partial charge on any atom is -0.497 e. The second-order valence-corrected chi connectivity index (χ2v) is 10.7. The van der Waals surface area contributed by atoms with Crippen molar-refractivity contribution < 1.29 is 14.3 Å². The lowest BCUT2D eigenvalue weighted by atomic mass is 10.1. The highest BCUT2D eigenvalue weighted by Gasteiger charge is 2.35. The molecule has 1 atom stereocenters. The summed E-state index contributed by atoms with van der Waals surface area (Å²) in [5.41, 5.74) is 1.83. The molecule has 3 aromatic rings. The molecular weight excluding hydrogens is 561 g/mol. The summed E-state index contributed by atoms with van der Waals surface area (Å²) in [5, 5.41) is 8.25. The van der Waals surface area contributed by atoms with Gasteiger partial charge in [-0.05, 0) is 37.3 Å². The fourth-order valence-electron chi connectivity index (χ4n) is 3.58. The number of nitrogens with one attached hydrogen (secondary N) is 3. The lowest BCUT2D eigenvalue weighted by Gasteiger charge is -2.27. The van der Waals surface area contributed by atoms with Crippen LogP contribution >= 0.6 is 47.0 Å². The number of hydrogen-bond acceptors (Lipinski definition) is 5. The molecule has 1 heterocycles. The van der Waals surface area contributed by atoms with Gasteiger partial charge in [0.25, 0.3) is 5.56 Å². The molecule has 37 heavy (non-hydrogen) atoms. The number of amides is 1. The number of alkyl halides is 3. The number of carbonyl (C=O) groups is 1. The quantitative estimate of drug-likeness (QED) is 0.210. The van der Waals surface area contributed by atoms with Gasteiger partial charge in [0, 0.05) is 18.7 Å². The van der Waals surface area contributed by atoms with Crippen molar-refractivity contribution in [2.75, 3.05) is 19.5 Å². The van der Waals surface area contributed by atoms with Gasteiger partial charge in [0.1, 0.15) is 23.4 Å². The fraction of sp³-hybridized carbons (Fsp3) is 0.292. The maximum atomic E-state index is 13.1. The van der Waals surface area contributed by atoms with Crippen molar-refractivity contribution in [2.45, 2.75) is 23.3 Å². The van der Waals surface area contributed by atoms with Crippen molar-refractivity contribution in [1.29, 1.82) is 0 Å². The highest BCUT2D eigenvalue weighted by Crippen LogP contribution is 2.30. The van der Waals surface area contributed by atoms with Crippen molar-refractivity contribution >= 4 is 63.7 Å². The standard InChI is InChI=1S/C24H26Cl3N5O4S/c1-14-20(21(34)32(31(14)2)16-8-6-5-7-9-16)29-23(37)30-22(24(25,26)27)28-19(33)12-15-10-11-17(35-3)13-18(15)36-4/h5-11,13,22H,12H2,1-4H3,(H,28,33)(H2,29,30,37). The van der Waals surface area contributed by atoms with E-state index in [1.165, 1.54) is 18.9 Å². The smallest absolute Gasteiger partial charge is 0.295 e. The van der Waals surface area contributed by atoms with Crippen molar-refractivity contribution in [3.8, 4) is 17.2 Å². The zero-order valence-electron chi connectivity index (χ0n) is 20.5. The Labute approximate surface area is 234 Å². The molecule has 0 spiro atoms. The van der Waals surface area contributed by atoms with E-state index in [0.717, 1.165) is 0 Å². The molecule has 1 aromatic heterocycles. The van der Waals surface area contributed by atoms with Gasteiger partial charge in [-0.3, -0.25) is 14.3 Å². The van der Waals surface area contributed by atoms with Gasteiger partial charge in [-0.25, -0.2) is 4.68 Å². The van der Waals surface area contributed by atoms with Crippen LogP contribution in [-0.2, 0) is 18.3 Å². The number of hydrogen-bond donors (Lipinski definition) is 3. The lowest BCUT2D eigenvalue weighted by molar-refractivity contribution is -0.121. The summed E-state index contributed by atoms with van der Waals surface area (Å²) >= 11 is 23.7. The van der Waals surface area contributed by atoms with Crippen LogP contribution < -0.4 is 31.0 Å². The highest BCUT2D eigenvalue weighted by atomic mass is 35.6. The summed E-state index contributed by atoms with van der Waals surface area (Å²) in [6.45, 7) is 1.77. The van der Waals surface area contributed by atoms with Gasteiger partial charge in [0.15, 0.2) is 5.11 Å². The SMILES string of the molecule is COc1ccc(CC(=O)NC(NC(=S)Nc2c(C)n(C)n(-c3ccccc3)c2=O)C(Cl)(Cl)Cl)c(OC)c1. The Balaban J connectivity index is 1.75. The van der Waals surface area contributed by atoms with Crippen molar-refractivity contribution in [3.63, 3.8) is 0 Å². The van der Waals surface area contributed by atoms with E-state index in [4.69, 9.17) is 56.5 Å². The number of thiocarbonyl (C=S) groups is 1. The summed E-state index contributed by atoms with van der Waals surface area (Å²) in [4.78, 5) is 26.0. The van der Waals surface area contributed by atoms with Gasteiger partial charge in [-0.15, -0.1) is 0 Å². The molecule has 0 aliphatic heterocycles. The molecule has 9 nitrogen and oxygen atoms in total. The van der Waals surface area contributed by atoms with Gasteiger partial charge in [-0.1, -0.05) is 59.1 Å². The second-order valence-electron chi connectivity index (χ2n) is 7.93. The van der Waals surface area contributed by atoms with E-state index < -0.39 is 15.9 Å². The normalized spacial score (nSPS) is 12.0. The zero-order valence-corrected chi connectivity index (χ0v) is 23.6. The molecule has 0 aliphatic carbocycles. The molecule has 0 aliphatic rings. The molecular formula is C24H26Cl3N5O4S. The van der Waals surface area contributed by atoms with Gasteiger partial charge in [0.05, 0.1) is 32.0 Å². The van der Waals surface area contributed by atoms with Crippen LogP contribution in [0.3, 0.4) is 0 Å². The summed E-state index contributed by atoms with van der Waals surface area (Å²) in [6.07, 6.45) is -1.28. The molecule has 2 aromatic carbocycles. The Kier molecular flexibility index (Phi) is 9.36. The van der Waals surface area contributed by atoms with Crippen LogP contribution in [0.1, 0.15) is 11.3 Å². The lowest BCUT2D eigenvalue weighted by Crippen LogP contribution is -2.56. The summed E-state index contributed by atoms with van der Waals surface area (Å²) in [5.74, 6) is 0.595. The third-order valence-electron chi connectivity index (χ3n) is 5.55. The first-order chi connectivity index (χ1) is 17.5. The van der Waals surface area contributed by atoms with Crippen LogP contribution in [0.5, 0.6) is 11.5 Å². The monoisotopic (exact) mass is 585 g/mol. The number of aromatic nitrogens is 2. The van der Waals surface area contributed by atoms with E-state index in [9.17, 15) is 9.59 Å². The topological polar surface area (TPSA) is 98.5 Å². The van der Waals surface area contributed by atoms with Gasteiger partial charge in [-0.2, -0.15) is 0 Å². The molecule has 0 saturated heterocycles. The van der Waals surface area contributed by atoms with Crippen LogP contribution in [0.4, 0.5) is 5.69 Å². The minimum atomic E-state index is -1.97. The number of carbonyl (C=O) groups excluding carboxylic acids is 1. The van der Waals surface area contributed by atoms with E-state index >= 15 is 0 Å². The third kappa shape index (κ3) is 6.89. The van der Waals surface area contributed by atoms with Crippen LogP contribution in [0.2, 0.25) is 0 Å². The largest absolute Gasteiger partial charge is 0.497 e. The minimum absolute atomic E-state index is 0.0235. The van der Waals surface area contributed by atoms with Crippen LogP contribution in [-0.4, -0.2) is 44.6 Å². The average Bonchev–Trinajstić information content (AvgIpc) is 3.06. The molecule has 0 fully saturated rings. The molecule has 3 rings (SSSR count). The van der Waals surface area contributed by atoms with Crippen LogP contribution in [0.25, 0.3) is 5.69 Å². The Hall–Kier alpha value is -2.92. The molecule has 0 radical (unpaired) electrons. The number of anilines is 1. The number of para-hydroxylation sites is 1. The average molecular weight is 587 g/mol. The van der Waals surface area contributed by atoms with Gasteiger partial charge >= 0.3 is 0 Å². The molecule has 3 N–H and O–H groups in total. The Morgan fingerprint density at radius 2 is 1.76 bits per heavy atom. The first-order valence-electron chi connectivity index (χ1n) is 10.9. The van der Waals surface area contributed by atoms with E-state index in [1.54, 1.807) is 36.9 Å². The first kappa shape index (κ1) is 28.6. The van der Waals surface area contributed by atoms with Gasteiger partial charge < -0.3 is 25.4 Å². The zero-order chi connectivity index (χ0) is 27.3. The van der Waals surface area contributed by atoms with E-state index in [-0.39, 0.29) is 22.8 Å². The van der Waals surface area contributed by atoms with Gasteiger partial charge in [0.2, 0.25) is 9.70 Å². The van der Waals surface area contributed by atoms with E-state index in [2.05, 4.69) is 16.0 Å². The number of benzene rings is 2. The number of methoxy groups -OCH3 is 2. The predicted molar refractivity (Wildman–Crippen MR) is 151 cm³/mol. The van der Waals surface area contributed by atoms with E-state index in [1.807, 2.05) is 30.3 Å². The molecule has 0 saturated carbocycles. The Morgan fingerprint density at radius 1 is 1.08 bits per heavy atom.